The van der Waals surface area contributed by atoms with Gasteiger partial charge in [-0.2, -0.15) is 0 Å². The van der Waals surface area contributed by atoms with Gasteiger partial charge in [0.15, 0.2) is 0 Å². The molecule has 3 heterocycles. The van der Waals surface area contributed by atoms with E-state index >= 15 is 0 Å². The Bertz CT molecular complexity index is 261. The zero-order chi connectivity index (χ0) is 12.9. The molecule has 0 spiro atoms. The Balaban J connectivity index is 1.37. The molecule has 3 saturated heterocycles. The van der Waals surface area contributed by atoms with E-state index in [1.807, 2.05) is 0 Å². The Labute approximate surface area is 118 Å². The van der Waals surface area contributed by atoms with E-state index in [1.54, 1.807) is 0 Å². The molecule has 0 bridgehead atoms. The fourth-order valence-corrected chi connectivity index (χ4v) is 4.25. The molecule has 1 N–H and O–H groups in total. The minimum atomic E-state index is 0.785. The maximum absolute atomic E-state index is 3.87. The van der Waals surface area contributed by atoms with Crippen molar-refractivity contribution in [1.29, 1.82) is 0 Å². The van der Waals surface area contributed by atoms with Crippen molar-refractivity contribution in [3.05, 3.63) is 0 Å². The molecule has 19 heavy (non-hydrogen) atoms. The van der Waals surface area contributed by atoms with Gasteiger partial charge in [0.25, 0.3) is 0 Å². The summed E-state index contributed by atoms with van der Waals surface area (Å²) in [7, 11) is 0. The van der Waals surface area contributed by atoms with E-state index in [9.17, 15) is 0 Å². The van der Waals surface area contributed by atoms with Crippen LogP contribution in [0.5, 0.6) is 0 Å². The summed E-state index contributed by atoms with van der Waals surface area (Å²) in [5.41, 5.74) is 0. The van der Waals surface area contributed by atoms with E-state index in [4.69, 9.17) is 0 Å². The first-order valence-electron chi connectivity index (χ1n) is 8.63. The highest BCUT2D eigenvalue weighted by atomic mass is 15.2. The molecule has 0 radical (unpaired) electrons. The minimum Gasteiger partial charge on any atom is -0.311 e. The van der Waals surface area contributed by atoms with Crippen LogP contribution in [0.4, 0.5) is 0 Å². The van der Waals surface area contributed by atoms with Crippen molar-refractivity contribution < 1.29 is 0 Å². The largest absolute Gasteiger partial charge is 0.311 e. The third kappa shape index (κ3) is 3.71. The molecule has 3 fully saturated rings. The fraction of sp³-hybridized carbons (Fsp3) is 1.00. The summed E-state index contributed by atoms with van der Waals surface area (Å²) in [6, 6.07) is 1.64. The number of nitrogens with zero attached hydrogens (tertiary/aromatic N) is 2. The van der Waals surface area contributed by atoms with E-state index in [-0.39, 0.29) is 0 Å². The Kier molecular flexibility index (Phi) is 5.14. The number of likely N-dealkylation sites (tertiary alicyclic amines) is 1. The standard InChI is InChI=1S/C16H31N3/c1-2-5-11-18(10-4-1)14-9-17-15-8-13-19-12-6-3-7-16(15)19/h15-17H,1-14H2. The summed E-state index contributed by atoms with van der Waals surface area (Å²) in [5.74, 6) is 0. The summed E-state index contributed by atoms with van der Waals surface area (Å²) >= 11 is 0. The van der Waals surface area contributed by atoms with Gasteiger partial charge >= 0.3 is 0 Å². The smallest absolute Gasteiger partial charge is 0.0249 e. The number of hydrogen-bond acceptors (Lipinski definition) is 3. The number of piperidine rings is 1. The molecule has 0 amide bonds. The molecule has 0 aliphatic carbocycles. The monoisotopic (exact) mass is 265 g/mol. The van der Waals surface area contributed by atoms with Gasteiger partial charge in [0.1, 0.15) is 0 Å². The van der Waals surface area contributed by atoms with Gasteiger partial charge in [0.05, 0.1) is 0 Å². The van der Waals surface area contributed by atoms with Crippen molar-refractivity contribution in [2.24, 2.45) is 0 Å². The van der Waals surface area contributed by atoms with Crippen LogP contribution in [0.3, 0.4) is 0 Å². The highest BCUT2D eigenvalue weighted by Crippen LogP contribution is 2.26. The molecular weight excluding hydrogens is 234 g/mol. The van der Waals surface area contributed by atoms with E-state index in [1.165, 1.54) is 90.6 Å². The molecule has 2 unspecified atom stereocenters. The van der Waals surface area contributed by atoms with Gasteiger partial charge in [0, 0.05) is 31.7 Å². The number of hydrogen-bond donors (Lipinski definition) is 1. The second-order valence-corrected chi connectivity index (χ2v) is 6.70. The number of rotatable bonds is 4. The molecule has 3 rings (SSSR count). The molecule has 0 aromatic heterocycles. The lowest BCUT2D eigenvalue weighted by Gasteiger charge is -2.33. The Morgan fingerprint density at radius 3 is 2.42 bits per heavy atom. The lowest BCUT2D eigenvalue weighted by molar-refractivity contribution is 0.178. The molecule has 2 atom stereocenters. The summed E-state index contributed by atoms with van der Waals surface area (Å²) in [5, 5.41) is 3.87. The van der Waals surface area contributed by atoms with Crippen molar-refractivity contribution in [3.8, 4) is 0 Å². The predicted molar refractivity (Wildman–Crippen MR) is 80.5 cm³/mol. The first kappa shape index (κ1) is 13.8. The summed E-state index contributed by atoms with van der Waals surface area (Å²) in [4.78, 5) is 5.40. The maximum Gasteiger partial charge on any atom is 0.0249 e. The summed E-state index contributed by atoms with van der Waals surface area (Å²) in [6.45, 7) is 7.84. The van der Waals surface area contributed by atoms with Gasteiger partial charge in [-0.15, -0.1) is 0 Å². The van der Waals surface area contributed by atoms with E-state index < -0.39 is 0 Å². The lowest BCUT2D eigenvalue weighted by atomic mass is 9.99. The number of nitrogens with one attached hydrogen (secondary N) is 1. The SMILES string of the molecule is C1CCCN(CCNC2CCN3CCCCC23)CC1. The van der Waals surface area contributed by atoms with Crippen molar-refractivity contribution in [1.82, 2.24) is 15.1 Å². The molecule has 110 valence electrons. The van der Waals surface area contributed by atoms with Gasteiger partial charge < -0.3 is 10.2 Å². The summed E-state index contributed by atoms with van der Waals surface area (Å²) < 4.78 is 0. The van der Waals surface area contributed by atoms with Crippen LogP contribution in [0.15, 0.2) is 0 Å². The van der Waals surface area contributed by atoms with Crippen molar-refractivity contribution in [2.75, 3.05) is 39.3 Å². The van der Waals surface area contributed by atoms with Gasteiger partial charge in [0.2, 0.25) is 0 Å². The molecule has 0 saturated carbocycles. The minimum absolute atomic E-state index is 0.785. The van der Waals surface area contributed by atoms with Crippen LogP contribution in [0.2, 0.25) is 0 Å². The van der Waals surface area contributed by atoms with Crippen LogP contribution < -0.4 is 5.32 Å². The molecule has 0 aromatic rings. The van der Waals surface area contributed by atoms with Gasteiger partial charge in [-0.05, 0) is 51.7 Å². The van der Waals surface area contributed by atoms with Crippen LogP contribution in [0.1, 0.15) is 51.4 Å². The van der Waals surface area contributed by atoms with E-state index in [2.05, 4.69) is 15.1 Å². The number of fused-ring (bicyclic) bond motifs is 1. The fourth-order valence-electron chi connectivity index (χ4n) is 4.25. The molecule has 3 aliphatic rings. The van der Waals surface area contributed by atoms with Crippen molar-refractivity contribution >= 4 is 0 Å². The van der Waals surface area contributed by atoms with Gasteiger partial charge in [-0.1, -0.05) is 19.3 Å². The first-order valence-corrected chi connectivity index (χ1v) is 8.63. The van der Waals surface area contributed by atoms with Gasteiger partial charge in [-0.3, -0.25) is 4.90 Å². The average Bonchev–Trinajstić information content (AvgIpc) is 2.68. The quantitative estimate of drug-likeness (QED) is 0.839. The predicted octanol–water partition coefficient (Wildman–Crippen LogP) is 2.08. The lowest BCUT2D eigenvalue weighted by Crippen LogP contribution is -2.46. The highest BCUT2D eigenvalue weighted by molar-refractivity contribution is 4.93. The van der Waals surface area contributed by atoms with Crippen LogP contribution in [0.25, 0.3) is 0 Å². The average molecular weight is 265 g/mol. The zero-order valence-electron chi connectivity index (χ0n) is 12.4. The van der Waals surface area contributed by atoms with Crippen molar-refractivity contribution in [3.63, 3.8) is 0 Å². The topological polar surface area (TPSA) is 18.5 Å². The second kappa shape index (κ2) is 7.05. The molecule has 0 aromatic carbocycles. The summed E-state index contributed by atoms with van der Waals surface area (Å²) in [6.07, 6.45) is 11.4. The molecule has 3 aliphatic heterocycles. The second-order valence-electron chi connectivity index (χ2n) is 6.70. The van der Waals surface area contributed by atoms with Crippen LogP contribution in [-0.4, -0.2) is 61.2 Å². The normalized spacial score (nSPS) is 34.1. The van der Waals surface area contributed by atoms with Crippen LogP contribution in [0, 0.1) is 0 Å². The van der Waals surface area contributed by atoms with E-state index in [0.29, 0.717) is 0 Å². The zero-order valence-corrected chi connectivity index (χ0v) is 12.4. The third-order valence-corrected chi connectivity index (χ3v) is 5.39. The van der Waals surface area contributed by atoms with Gasteiger partial charge in [-0.25, -0.2) is 0 Å². The third-order valence-electron chi connectivity index (χ3n) is 5.39. The van der Waals surface area contributed by atoms with E-state index in [0.717, 1.165) is 12.1 Å². The molecule has 3 heteroatoms. The highest BCUT2D eigenvalue weighted by Gasteiger charge is 2.34. The molecular formula is C16H31N3. The Morgan fingerprint density at radius 2 is 1.58 bits per heavy atom. The van der Waals surface area contributed by atoms with Crippen molar-refractivity contribution in [2.45, 2.75) is 63.5 Å². The Morgan fingerprint density at radius 1 is 0.789 bits per heavy atom. The Hall–Kier alpha value is -0.120. The van der Waals surface area contributed by atoms with Crippen LogP contribution in [-0.2, 0) is 0 Å². The first-order chi connectivity index (χ1) is 9.43. The molecule has 3 nitrogen and oxygen atoms in total. The maximum atomic E-state index is 3.87. The van der Waals surface area contributed by atoms with Crippen LogP contribution >= 0.6 is 0 Å².